The van der Waals surface area contributed by atoms with E-state index in [0.29, 0.717) is 0 Å². The van der Waals surface area contributed by atoms with Crippen LogP contribution in [0.5, 0.6) is 0 Å². The first-order valence-electron chi connectivity index (χ1n) is 13.6. The van der Waals surface area contributed by atoms with Crippen molar-refractivity contribution in [2.24, 2.45) is 35.5 Å². The van der Waals surface area contributed by atoms with Crippen LogP contribution in [-0.2, 0) is 0 Å². The lowest BCUT2D eigenvalue weighted by Crippen LogP contribution is -2.25. The van der Waals surface area contributed by atoms with Gasteiger partial charge in [0, 0.05) is 0 Å². The third-order valence-corrected chi connectivity index (χ3v) is 8.97. The van der Waals surface area contributed by atoms with Crippen LogP contribution in [-0.4, -0.2) is 0 Å². The molecule has 3 saturated carbocycles. The molecule has 0 heterocycles. The first-order valence-corrected chi connectivity index (χ1v) is 13.6. The average Bonchev–Trinajstić information content (AvgIpc) is 2.77. The summed E-state index contributed by atoms with van der Waals surface area (Å²) in [5.41, 5.74) is 0. The molecule has 166 valence electrons. The van der Waals surface area contributed by atoms with Gasteiger partial charge in [0.2, 0.25) is 0 Å². The van der Waals surface area contributed by atoms with E-state index in [2.05, 4.69) is 31.7 Å². The van der Waals surface area contributed by atoms with Gasteiger partial charge in [0.15, 0.2) is 0 Å². The summed E-state index contributed by atoms with van der Waals surface area (Å²) in [4.78, 5) is 0. The Balaban J connectivity index is 1.25. The first-order chi connectivity index (χ1) is 14.3. The Morgan fingerprint density at radius 3 is 1.66 bits per heavy atom. The number of hydrogen-bond acceptors (Lipinski definition) is 0. The molecule has 0 nitrogen and oxygen atoms in total. The van der Waals surface area contributed by atoms with Gasteiger partial charge >= 0.3 is 0 Å². The van der Waals surface area contributed by atoms with Crippen LogP contribution in [0.2, 0.25) is 0 Å². The van der Waals surface area contributed by atoms with Gasteiger partial charge in [-0.1, -0.05) is 76.5 Å². The summed E-state index contributed by atoms with van der Waals surface area (Å²) >= 11 is 0. The van der Waals surface area contributed by atoms with Gasteiger partial charge in [-0.05, 0) is 99.7 Å². The monoisotopic (exact) mass is 398 g/mol. The molecule has 0 amide bonds. The minimum Gasteiger partial charge on any atom is -0.103 e. The second kappa shape index (κ2) is 13.0. The van der Waals surface area contributed by atoms with Crippen LogP contribution in [0, 0.1) is 35.5 Å². The predicted molar refractivity (Wildman–Crippen MR) is 129 cm³/mol. The minimum absolute atomic E-state index is 0.900. The van der Waals surface area contributed by atoms with Crippen LogP contribution < -0.4 is 0 Å². The van der Waals surface area contributed by atoms with Crippen molar-refractivity contribution in [1.82, 2.24) is 0 Å². The largest absolute Gasteiger partial charge is 0.103 e. The maximum absolute atomic E-state index is 3.88. The van der Waals surface area contributed by atoms with Crippen LogP contribution in [0.3, 0.4) is 0 Å². The highest BCUT2D eigenvalue weighted by atomic mass is 14.4. The van der Waals surface area contributed by atoms with E-state index in [4.69, 9.17) is 0 Å². The van der Waals surface area contributed by atoms with Crippen molar-refractivity contribution in [3.8, 4) is 0 Å². The second-order valence-corrected chi connectivity index (χ2v) is 11.0. The number of hydrogen-bond donors (Lipinski definition) is 0. The quantitative estimate of drug-likeness (QED) is 0.321. The molecule has 0 spiro atoms. The molecule has 3 fully saturated rings. The van der Waals surface area contributed by atoms with Crippen LogP contribution >= 0.6 is 0 Å². The van der Waals surface area contributed by atoms with E-state index >= 15 is 0 Å². The molecule has 3 aliphatic rings. The van der Waals surface area contributed by atoms with Crippen molar-refractivity contribution in [1.29, 1.82) is 0 Å². The van der Waals surface area contributed by atoms with E-state index in [1.54, 1.807) is 12.8 Å². The molecule has 0 aromatic rings. The summed E-state index contributed by atoms with van der Waals surface area (Å²) in [6, 6.07) is 0. The maximum atomic E-state index is 3.88. The third-order valence-electron chi connectivity index (χ3n) is 8.97. The first kappa shape index (κ1) is 23.1. The highest BCUT2D eigenvalue weighted by Gasteiger charge is 2.30. The van der Waals surface area contributed by atoms with Crippen molar-refractivity contribution < 1.29 is 0 Å². The van der Waals surface area contributed by atoms with Crippen LogP contribution in [0.1, 0.15) is 122 Å². The minimum atomic E-state index is 0.900. The van der Waals surface area contributed by atoms with Crippen LogP contribution in [0.25, 0.3) is 0 Å². The van der Waals surface area contributed by atoms with Crippen molar-refractivity contribution in [2.45, 2.75) is 122 Å². The molecule has 0 heteroatoms. The molecule has 29 heavy (non-hydrogen) atoms. The summed E-state index contributed by atoms with van der Waals surface area (Å²) < 4.78 is 0. The topological polar surface area (TPSA) is 0 Å². The second-order valence-electron chi connectivity index (χ2n) is 11.0. The lowest BCUT2D eigenvalue weighted by Gasteiger charge is -2.37. The van der Waals surface area contributed by atoms with Gasteiger partial charge in [-0.25, -0.2) is 0 Å². The molecule has 3 aliphatic carbocycles. The Morgan fingerprint density at radius 2 is 1.10 bits per heavy atom. The summed E-state index contributed by atoms with van der Waals surface area (Å²) in [5, 5.41) is 0. The lowest BCUT2D eigenvalue weighted by molar-refractivity contribution is 0.152. The fourth-order valence-electron chi connectivity index (χ4n) is 6.95. The molecule has 0 saturated heterocycles. The zero-order chi connectivity index (χ0) is 20.3. The van der Waals surface area contributed by atoms with Crippen molar-refractivity contribution >= 4 is 0 Å². The van der Waals surface area contributed by atoms with E-state index in [1.807, 2.05) is 0 Å². The molecule has 0 aliphatic heterocycles. The van der Waals surface area contributed by atoms with Gasteiger partial charge in [0.1, 0.15) is 0 Å². The summed E-state index contributed by atoms with van der Waals surface area (Å²) in [6.07, 6.45) is 33.6. The van der Waals surface area contributed by atoms with E-state index in [9.17, 15) is 0 Å². The molecule has 0 atom stereocenters. The molecule has 0 N–H and O–H groups in total. The lowest BCUT2D eigenvalue weighted by atomic mass is 9.68. The summed E-state index contributed by atoms with van der Waals surface area (Å²) in [5.74, 6) is 6.12. The van der Waals surface area contributed by atoms with E-state index < -0.39 is 0 Å². The average molecular weight is 399 g/mol. The molecular weight excluding hydrogens is 348 g/mol. The zero-order valence-electron chi connectivity index (χ0n) is 19.6. The molecule has 0 radical (unpaired) electrons. The Hall–Kier alpha value is -0.520. The van der Waals surface area contributed by atoms with Crippen LogP contribution in [0.15, 0.2) is 24.8 Å². The predicted octanol–water partition coefficient (Wildman–Crippen LogP) is 9.51. The fraction of sp³-hybridized carbons (Fsp3) is 0.862. The van der Waals surface area contributed by atoms with Gasteiger partial charge in [-0.2, -0.15) is 0 Å². The molecule has 3 rings (SSSR count). The van der Waals surface area contributed by atoms with Gasteiger partial charge in [-0.3, -0.25) is 0 Å². The van der Waals surface area contributed by atoms with Gasteiger partial charge in [0.25, 0.3) is 0 Å². The van der Waals surface area contributed by atoms with Crippen molar-refractivity contribution in [2.75, 3.05) is 0 Å². The van der Waals surface area contributed by atoms with E-state index in [-0.39, 0.29) is 0 Å². The normalized spacial score (nSPS) is 36.3. The summed E-state index contributed by atoms with van der Waals surface area (Å²) in [7, 11) is 0. The van der Waals surface area contributed by atoms with E-state index in [1.165, 1.54) is 103 Å². The van der Waals surface area contributed by atoms with Gasteiger partial charge < -0.3 is 0 Å². The smallest absolute Gasteiger partial charge is 0.0233 e. The van der Waals surface area contributed by atoms with Crippen molar-refractivity contribution in [3.63, 3.8) is 0 Å². The third kappa shape index (κ3) is 7.91. The number of rotatable bonds is 10. The molecule has 0 bridgehead atoms. The molecule has 0 aromatic carbocycles. The van der Waals surface area contributed by atoms with Crippen LogP contribution in [0.4, 0.5) is 0 Å². The molecule has 0 unspecified atom stereocenters. The van der Waals surface area contributed by atoms with E-state index in [0.717, 1.165) is 35.5 Å². The summed E-state index contributed by atoms with van der Waals surface area (Å²) in [6.45, 7) is 6.24. The molecular formula is C29H50. The van der Waals surface area contributed by atoms with Gasteiger partial charge in [-0.15, -0.1) is 6.58 Å². The fourth-order valence-corrected chi connectivity index (χ4v) is 6.95. The van der Waals surface area contributed by atoms with Crippen molar-refractivity contribution in [3.05, 3.63) is 24.8 Å². The SMILES string of the molecule is C=CCC[C@H]1CC[C@H](CCC=C[C@H]2CC[C@H]([C@H]3CC[C@H](CCC)CC3)CC2)CC1. The Kier molecular flexibility index (Phi) is 10.4. The molecule has 0 aromatic heterocycles. The number of allylic oxidation sites excluding steroid dienone is 3. The van der Waals surface area contributed by atoms with Gasteiger partial charge in [0.05, 0.1) is 0 Å². The standard InChI is InChI=1S/C29H50/c1-3-5-9-25-12-14-26(15-13-25)10-6-7-11-27-18-22-29(23-19-27)28-20-16-24(8-4-2)17-21-28/h3,7,11,24-29H,1,4-6,8-10,12-23H2,2H3/t24-,25-,26-,27-,28-,29-. The highest BCUT2D eigenvalue weighted by molar-refractivity contribution is 4.93. The Labute approximate surface area is 183 Å². The Bertz CT molecular complexity index is 450. The Morgan fingerprint density at radius 1 is 0.621 bits per heavy atom. The zero-order valence-corrected chi connectivity index (χ0v) is 19.6. The maximum Gasteiger partial charge on any atom is -0.0233 e. The highest BCUT2D eigenvalue weighted by Crippen LogP contribution is 2.42.